The van der Waals surface area contributed by atoms with Crippen LogP contribution >= 0.6 is 15.9 Å². The van der Waals surface area contributed by atoms with Gasteiger partial charge in [0.1, 0.15) is 6.04 Å². The molecule has 0 bridgehead atoms. The Morgan fingerprint density at radius 1 is 1.33 bits per heavy atom. The van der Waals surface area contributed by atoms with Crippen LogP contribution in [0.1, 0.15) is 12.8 Å². The zero-order chi connectivity index (χ0) is 13.7. The lowest BCUT2D eigenvalue weighted by Gasteiger charge is -2.36. The first-order valence-corrected chi connectivity index (χ1v) is 6.51. The molecule has 1 fully saturated rings. The summed E-state index contributed by atoms with van der Waals surface area (Å²) in [6.45, 7) is 4.98. The molecule has 2 unspecified atom stereocenters. The first-order valence-electron chi connectivity index (χ1n) is 5.72. The van der Waals surface area contributed by atoms with Gasteiger partial charge < -0.3 is 9.47 Å². The topological polar surface area (TPSA) is 55.8 Å². The summed E-state index contributed by atoms with van der Waals surface area (Å²) >= 11 is 3.29. The smallest absolute Gasteiger partial charge is 0.323 e. The lowest BCUT2D eigenvalue weighted by Crippen LogP contribution is -2.49. The van der Waals surface area contributed by atoms with Crippen molar-refractivity contribution in [3.8, 4) is 0 Å². The number of methoxy groups -OCH3 is 2. The van der Waals surface area contributed by atoms with Gasteiger partial charge in [-0.25, -0.2) is 0 Å². The molecule has 1 saturated heterocycles. The number of hydrogen-bond donors (Lipinski definition) is 0. The number of halogens is 1. The van der Waals surface area contributed by atoms with Crippen LogP contribution in [0.2, 0.25) is 0 Å². The molecule has 6 heteroatoms. The van der Waals surface area contributed by atoms with Gasteiger partial charge in [0.2, 0.25) is 0 Å². The van der Waals surface area contributed by atoms with Crippen molar-refractivity contribution in [2.75, 3.05) is 27.3 Å². The molecule has 2 atom stereocenters. The Kier molecular flexibility index (Phi) is 5.81. The van der Waals surface area contributed by atoms with E-state index in [1.807, 2.05) is 4.90 Å². The Labute approximate surface area is 115 Å². The minimum atomic E-state index is -0.415. The van der Waals surface area contributed by atoms with Gasteiger partial charge in [-0.15, -0.1) is 0 Å². The highest BCUT2D eigenvalue weighted by Crippen LogP contribution is 2.26. The Morgan fingerprint density at radius 3 is 2.44 bits per heavy atom. The van der Waals surface area contributed by atoms with Crippen molar-refractivity contribution in [3.05, 3.63) is 11.1 Å². The summed E-state index contributed by atoms with van der Waals surface area (Å²) in [7, 11) is 2.72. The molecule has 0 aliphatic carbocycles. The van der Waals surface area contributed by atoms with E-state index >= 15 is 0 Å². The second-order valence-electron chi connectivity index (χ2n) is 4.27. The zero-order valence-corrected chi connectivity index (χ0v) is 12.2. The van der Waals surface area contributed by atoms with E-state index in [1.165, 1.54) is 14.2 Å². The van der Waals surface area contributed by atoms with Crippen LogP contribution in [0.3, 0.4) is 0 Å². The Bertz CT molecular complexity index is 345. The minimum Gasteiger partial charge on any atom is -0.469 e. The second kappa shape index (κ2) is 6.89. The average molecular weight is 320 g/mol. The summed E-state index contributed by atoms with van der Waals surface area (Å²) in [6, 6.07) is -0.415. The van der Waals surface area contributed by atoms with Crippen molar-refractivity contribution < 1.29 is 19.1 Å². The third kappa shape index (κ3) is 3.81. The molecule has 1 heterocycles. The van der Waals surface area contributed by atoms with Crippen molar-refractivity contribution >= 4 is 27.9 Å². The van der Waals surface area contributed by atoms with Gasteiger partial charge in [-0.1, -0.05) is 22.5 Å². The third-order valence-corrected chi connectivity index (χ3v) is 3.35. The second-order valence-corrected chi connectivity index (χ2v) is 5.39. The van der Waals surface area contributed by atoms with E-state index < -0.39 is 6.04 Å². The summed E-state index contributed by atoms with van der Waals surface area (Å²) < 4.78 is 10.3. The van der Waals surface area contributed by atoms with Gasteiger partial charge in [-0.3, -0.25) is 14.5 Å². The Balaban J connectivity index is 2.75. The maximum atomic E-state index is 11.8. The Morgan fingerprint density at radius 2 is 1.94 bits per heavy atom. The number of likely N-dealkylation sites (tertiary alicyclic amines) is 1. The fourth-order valence-corrected chi connectivity index (χ4v) is 2.51. The summed E-state index contributed by atoms with van der Waals surface area (Å²) in [4.78, 5) is 25.2. The van der Waals surface area contributed by atoms with Crippen LogP contribution in [0.4, 0.5) is 0 Å². The highest BCUT2D eigenvalue weighted by Gasteiger charge is 2.37. The quantitative estimate of drug-likeness (QED) is 0.731. The molecule has 1 rings (SSSR count). The van der Waals surface area contributed by atoms with E-state index in [-0.39, 0.29) is 17.9 Å². The predicted molar refractivity (Wildman–Crippen MR) is 70.2 cm³/mol. The fourth-order valence-electron chi connectivity index (χ4n) is 2.19. The monoisotopic (exact) mass is 319 g/mol. The summed E-state index contributed by atoms with van der Waals surface area (Å²) in [5.41, 5.74) is 0. The first-order chi connectivity index (χ1) is 8.49. The SMILES string of the molecule is C=C(Br)CN1CCC(C(=O)OC)CC1C(=O)OC. The summed E-state index contributed by atoms with van der Waals surface area (Å²) in [5, 5.41) is 0. The normalized spacial score (nSPS) is 24.4. The van der Waals surface area contributed by atoms with Crippen LogP contribution < -0.4 is 0 Å². The number of piperidine rings is 1. The van der Waals surface area contributed by atoms with Gasteiger partial charge in [-0.05, 0) is 12.8 Å². The highest BCUT2D eigenvalue weighted by atomic mass is 79.9. The highest BCUT2D eigenvalue weighted by molar-refractivity contribution is 9.11. The molecule has 5 nitrogen and oxygen atoms in total. The number of carbonyl (C=O) groups is 2. The lowest BCUT2D eigenvalue weighted by molar-refractivity contribution is -0.154. The van der Waals surface area contributed by atoms with Gasteiger partial charge in [0.15, 0.2) is 0 Å². The van der Waals surface area contributed by atoms with Gasteiger partial charge in [0.25, 0.3) is 0 Å². The molecule has 0 saturated carbocycles. The summed E-state index contributed by atoms with van der Waals surface area (Å²) in [5.74, 6) is -0.822. The minimum absolute atomic E-state index is 0.237. The van der Waals surface area contributed by atoms with E-state index in [0.29, 0.717) is 25.9 Å². The number of rotatable bonds is 4. The lowest BCUT2D eigenvalue weighted by atomic mass is 9.91. The predicted octanol–water partition coefficient (Wildman–Crippen LogP) is 1.32. The number of carbonyl (C=O) groups excluding carboxylic acids is 2. The molecule has 0 radical (unpaired) electrons. The molecule has 102 valence electrons. The molecular formula is C12H18BrNO4. The van der Waals surface area contributed by atoms with Crippen LogP contribution in [0, 0.1) is 5.92 Å². The van der Waals surface area contributed by atoms with E-state index in [2.05, 4.69) is 22.5 Å². The van der Waals surface area contributed by atoms with Crippen molar-refractivity contribution in [1.82, 2.24) is 4.90 Å². The van der Waals surface area contributed by atoms with Crippen LogP contribution in [0.15, 0.2) is 11.1 Å². The van der Waals surface area contributed by atoms with Gasteiger partial charge in [0.05, 0.1) is 20.1 Å². The molecule has 1 aliphatic rings. The van der Waals surface area contributed by atoms with E-state index in [0.717, 1.165) is 4.48 Å². The van der Waals surface area contributed by atoms with E-state index in [9.17, 15) is 9.59 Å². The van der Waals surface area contributed by atoms with Crippen LogP contribution in [-0.2, 0) is 19.1 Å². The van der Waals surface area contributed by atoms with Crippen LogP contribution in [0.5, 0.6) is 0 Å². The molecule has 18 heavy (non-hydrogen) atoms. The average Bonchev–Trinajstić information content (AvgIpc) is 2.36. The molecular weight excluding hydrogens is 302 g/mol. The molecule has 0 aromatic carbocycles. The largest absolute Gasteiger partial charge is 0.469 e. The van der Waals surface area contributed by atoms with Crippen molar-refractivity contribution in [2.24, 2.45) is 5.92 Å². The number of hydrogen-bond acceptors (Lipinski definition) is 5. The van der Waals surface area contributed by atoms with Crippen molar-refractivity contribution in [3.63, 3.8) is 0 Å². The summed E-state index contributed by atoms with van der Waals surface area (Å²) in [6.07, 6.45) is 1.11. The molecule has 1 aliphatic heterocycles. The fraction of sp³-hybridized carbons (Fsp3) is 0.667. The van der Waals surface area contributed by atoms with Crippen LogP contribution in [0.25, 0.3) is 0 Å². The molecule has 0 N–H and O–H groups in total. The van der Waals surface area contributed by atoms with Crippen molar-refractivity contribution in [2.45, 2.75) is 18.9 Å². The molecule has 0 amide bonds. The third-order valence-electron chi connectivity index (χ3n) is 3.10. The standard InChI is InChI=1S/C12H18BrNO4/c1-8(13)7-14-5-4-9(11(15)17-2)6-10(14)12(16)18-3/h9-10H,1,4-7H2,2-3H3. The molecule has 0 aromatic heterocycles. The maximum Gasteiger partial charge on any atom is 0.323 e. The van der Waals surface area contributed by atoms with E-state index in [4.69, 9.17) is 9.47 Å². The Hall–Kier alpha value is -0.880. The van der Waals surface area contributed by atoms with Gasteiger partial charge >= 0.3 is 11.9 Å². The van der Waals surface area contributed by atoms with E-state index in [1.54, 1.807) is 0 Å². The number of esters is 2. The van der Waals surface area contributed by atoms with Crippen molar-refractivity contribution in [1.29, 1.82) is 0 Å². The zero-order valence-electron chi connectivity index (χ0n) is 10.6. The number of nitrogens with zero attached hydrogens (tertiary/aromatic N) is 1. The van der Waals surface area contributed by atoms with Gasteiger partial charge in [0, 0.05) is 17.6 Å². The first kappa shape index (κ1) is 15.2. The molecule has 0 aromatic rings. The maximum absolute atomic E-state index is 11.8. The molecule has 0 spiro atoms. The van der Waals surface area contributed by atoms with Crippen LogP contribution in [-0.4, -0.2) is 50.2 Å². The number of ether oxygens (including phenoxy) is 2. The van der Waals surface area contributed by atoms with Gasteiger partial charge in [-0.2, -0.15) is 0 Å².